The number of hydrogen-bond donors (Lipinski definition) is 2. The van der Waals surface area contributed by atoms with Crippen LogP contribution in [0.15, 0.2) is 12.7 Å². The highest BCUT2D eigenvalue weighted by Gasteiger charge is 2.11. The molecule has 0 radical (unpaired) electrons. The first-order valence-electron chi connectivity index (χ1n) is 4.28. The van der Waals surface area contributed by atoms with Crippen LogP contribution in [-0.2, 0) is 0 Å². The fourth-order valence-electron chi connectivity index (χ4n) is 1.46. The molecule has 2 heteroatoms. The fraction of sp³-hybridized carbons (Fsp3) is 0.667. The Morgan fingerprint density at radius 2 is 2.45 bits per heavy atom. The first-order chi connectivity index (χ1) is 5.33. The van der Waals surface area contributed by atoms with Crippen LogP contribution in [0.2, 0.25) is 0 Å². The van der Waals surface area contributed by atoms with Crippen molar-refractivity contribution in [2.75, 3.05) is 0 Å². The molecule has 1 rings (SSSR count). The SMILES string of the molecule is C=CCC1CCCCC(=N)N1. The molecule has 0 spiro atoms. The van der Waals surface area contributed by atoms with E-state index in [0.29, 0.717) is 11.9 Å². The van der Waals surface area contributed by atoms with Crippen LogP contribution in [0.5, 0.6) is 0 Å². The van der Waals surface area contributed by atoms with Crippen LogP contribution in [0.1, 0.15) is 32.1 Å². The molecule has 1 fully saturated rings. The maximum atomic E-state index is 7.49. The van der Waals surface area contributed by atoms with Gasteiger partial charge in [-0.2, -0.15) is 0 Å². The van der Waals surface area contributed by atoms with Gasteiger partial charge in [-0.15, -0.1) is 6.58 Å². The highest BCUT2D eigenvalue weighted by molar-refractivity contribution is 5.79. The van der Waals surface area contributed by atoms with Gasteiger partial charge in [0.05, 0.1) is 5.84 Å². The summed E-state index contributed by atoms with van der Waals surface area (Å²) in [6.45, 7) is 3.70. The van der Waals surface area contributed by atoms with Crippen LogP contribution in [0.25, 0.3) is 0 Å². The smallest absolute Gasteiger partial charge is 0.0933 e. The van der Waals surface area contributed by atoms with E-state index in [-0.39, 0.29) is 0 Å². The molecule has 1 saturated heterocycles. The minimum absolute atomic E-state index is 0.475. The third-order valence-corrected chi connectivity index (χ3v) is 2.06. The van der Waals surface area contributed by atoms with Crippen molar-refractivity contribution >= 4 is 5.84 Å². The van der Waals surface area contributed by atoms with Gasteiger partial charge in [0.1, 0.15) is 0 Å². The fourth-order valence-corrected chi connectivity index (χ4v) is 1.46. The van der Waals surface area contributed by atoms with E-state index in [4.69, 9.17) is 5.41 Å². The van der Waals surface area contributed by atoms with Crippen molar-refractivity contribution in [3.8, 4) is 0 Å². The van der Waals surface area contributed by atoms with Gasteiger partial charge < -0.3 is 5.32 Å². The Bertz CT molecular complexity index is 152. The summed E-state index contributed by atoms with van der Waals surface area (Å²) >= 11 is 0. The highest BCUT2D eigenvalue weighted by Crippen LogP contribution is 2.11. The van der Waals surface area contributed by atoms with E-state index in [9.17, 15) is 0 Å². The second-order valence-corrected chi connectivity index (χ2v) is 3.09. The van der Waals surface area contributed by atoms with E-state index in [1.54, 1.807) is 0 Å². The second kappa shape index (κ2) is 4.16. The van der Waals surface area contributed by atoms with E-state index in [2.05, 4.69) is 11.9 Å². The third kappa shape index (κ3) is 2.74. The van der Waals surface area contributed by atoms with Gasteiger partial charge >= 0.3 is 0 Å². The van der Waals surface area contributed by atoms with Crippen molar-refractivity contribution in [1.82, 2.24) is 5.32 Å². The van der Waals surface area contributed by atoms with E-state index < -0.39 is 0 Å². The summed E-state index contributed by atoms with van der Waals surface area (Å²) in [5.41, 5.74) is 0. The highest BCUT2D eigenvalue weighted by atomic mass is 15.0. The van der Waals surface area contributed by atoms with Crippen LogP contribution in [-0.4, -0.2) is 11.9 Å². The normalized spacial score (nSPS) is 25.5. The van der Waals surface area contributed by atoms with E-state index in [0.717, 1.165) is 12.8 Å². The Balaban J connectivity index is 2.38. The zero-order valence-electron chi connectivity index (χ0n) is 6.90. The summed E-state index contributed by atoms with van der Waals surface area (Å²) < 4.78 is 0. The van der Waals surface area contributed by atoms with E-state index >= 15 is 0 Å². The molecule has 1 heterocycles. The third-order valence-electron chi connectivity index (χ3n) is 2.06. The topological polar surface area (TPSA) is 35.9 Å². The molecule has 1 aliphatic heterocycles. The molecule has 1 unspecified atom stereocenters. The summed E-state index contributed by atoms with van der Waals surface area (Å²) in [6, 6.07) is 0.475. The van der Waals surface area contributed by atoms with Gasteiger partial charge in [0.15, 0.2) is 0 Å². The molecule has 1 aliphatic rings. The number of nitrogens with one attached hydrogen (secondary N) is 2. The molecule has 0 aromatic heterocycles. The maximum absolute atomic E-state index is 7.49. The lowest BCUT2D eigenvalue weighted by atomic mass is 10.1. The summed E-state index contributed by atoms with van der Waals surface area (Å²) in [5, 5.41) is 10.7. The average molecular weight is 152 g/mol. The molecule has 1 atom stereocenters. The van der Waals surface area contributed by atoms with Crippen LogP contribution in [0.4, 0.5) is 0 Å². The number of hydrogen-bond acceptors (Lipinski definition) is 1. The molecule has 2 N–H and O–H groups in total. The van der Waals surface area contributed by atoms with Gasteiger partial charge in [0.25, 0.3) is 0 Å². The first-order valence-corrected chi connectivity index (χ1v) is 4.28. The van der Waals surface area contributed by atoms with Crippen molar-refractivity contribution < 1.29 is 0 Å². The van der Waals surface area contributed by atoms with Crippen LogP contribution in [0, 0.1) is 5.41 Å². The Morgan fingerprint density at radius 1 is 1.64 bits per heavy atom. The van der Waals surface area contributed by atoms with Gasteiger partial charge in [-0.05, 0) is 19.3 Å². The van der Waals surface area contributed by atoms with Crippen molar-refractivity contribution in [3.63, 3.8) is 0 Å². The Labute approximate surface area is 68.2 Å². The van der Waals surface area contributed by atoms with Gasteiger partial charge in [-0.3, -0.25) is 5.41 Å². The summed E-state index contributed by atoms with van der Waals surface area (Å²) in [6.07, 6.45) is 7.44. The monoisotopic (exact) mass is 152 g/mol. The minimum Gasteiger partial charge on any atom is -0.371 e. The molecule has 0 aromatic rings. The van der Waals surface area contributed by atoms with Gasteiger partial charge in [-0.25, -0.2) is 0 Å². The van der Waals surface area contributed by atoms with Crippen LogP contribution >= 0.6 is 0 Å². The van der Waals surface area contributed by atoms with Gasteiger partial charge in [0, 0.05) is 12.5 Å². The molecule has 0 bridgehead atoms. The number of amidine groups is 1. The lowest BCUT2D eigenvalue weighted by Crippen LogP contribution is -2.31. The average Bonchev–Trinajstić information content (AvgIpc) is 2.15. The summed E-state index contributed by atoms with van der Waals surface area (Å²) in [5.74, 6) is 0.703. The standard InChI is InChI=1S/C9H16N2/c1-2-5-8-6-3-4-7-9(10)11-8/h2,8H,1,3-7H2,(H2,10,11). The predicted molar refractivity (Wildman–Crippen MR) is 47.9 cm³/mol. The summed E-state index contributed by atoms with van der Waals surface area (Å²) in [4.78, 5) is 0. The molecular formula is C9H16N2. The van der Waals surface area contributed by atoms with Crippen molar-refractivity contribution in [1.29, 1.82) is 5.41 Å². The molecule has 62 valence electrons. The van der Waals surface area contributed by atoms with Gasteiger partial charge in [0.2, 0.25) is 0 Å². The van der Waals surface area contributed by atoms with Gasteiger partial charge in [-0.1, -0.05) is 12.5 Å². The number of rotatable bonds is 2. The molecular weight excluding hydrogens is 136 g/mol. The van der Waals surface area contributed by atoms with Crippen LogP contribution < -0.4 is 5.32 Å². The minimum atomic E-state index is 0.475. The quantitative estimate of drug-likeness (QED) is 0.584. The van der Waals surface area contributed by atoms with Crippen molar-refractivity contribution in [2.45, 2.75) is 38.1 Å². The Hall–Kier alpha value is -0.790. The lowest BCUT2D eigenvalue weighted by Gasteiger charge is -2.14. The second-order valence-electron chi connectivity index (χ2n) is 3.09. The lowest BCUT2D eigenvalue weighted by molar-refractivity contribution is 0.558. The molecule has 11 heavy (non-hydrogen) atoms. The molecule has 0 aromatic carbocycles. The molecule has 0 aliphatic carbocycles. The maximum Gasteiger partial charge on any atom is 0.0933 e. The zero-order valence-corrected chi connectivity index (χ0v) is 6.90. The first kappa shape index (κ1) is 8.31. The Morgan fingerprint density at radius 3 is 3.18 bits per heavy atom. The Kier molecular flexibility index (Phi) is 3.14. The van der Waals surface area contributed by atoms with E-state index in [1.165, 1.54) is 19.3 Å². The zero-order chi connectivity index (χ0) is 8.10. The predicted octanol–water partition coefficient (Wildman–Crippen LogP) is 2.07. The van der Waals surface area contributed by atoms with Crippen LogP contribution in [0.3, 0.4) is 0 Å². The van der Waals surface area contributed by atoms with E-state index in [1.807, 2.05) is 6.08 Å². The summed E-state index contributed by atoms with van der Waals surface area (Å²) in [7, 11) is 0. The van der Waals surface area contributed by atoms with Crippen molar-refractivity contribution in [2.24, 2.45) is 0 Å². The molecule has 0 amide bonds. The molecule has 0 saturated carbocycles. The largest absolute Gasteiger partial charge is 0.371 e. The van der Waals surface area contributed by atoms with Crippen molar-refractivity contribution in [3.05, 3.63) is 12.7 Å². The molecule has 2 nitrogen and oxygen atoms in total.